The number of nitrogens with one attached hydrogen (secondary N) is 1. The molecule has 3 rings (SSSR count). The van der Waals surface area contributed by atoms with Gasteiger partial charge in [-0.15, -0.1) is 0 Å². The summed E-state index contributed by atoms with van der Waals surface area (Å²) in [6, 6.07) is 5.84. The van der Waals surface area contributed by atoms with Gasteiger partial charge in [0, 0.05) is 17.4 Å². The van der Waals surface area contributed by atoms with E-state index in [1.165, 1.54) is 0 Å². The summed E-state index contributed by atoms with van der Waals surface area (Å²) in [6.45, 7) is 2.67. The van der Waals surface area contributed by atoms with Crippen LogP contribution < -0.4 is 10.1 Å². The van der Waals surface area contributed by atoms with Crippen LogP contribution in [0.15, 0.2) is 18.2 Å². The summed E-state index contributed by atoms with van der Waals surface area (Å²) in [5, 5.41) is 2.83. The van der Waals surface area contributed by atoms with Gasteiger partial charge in [-0.05, 0) is 24.1 Å². The lowest BCUT2D eigenvalue weighted by Gasteiger charge is -2.17. The van der Waals surface area contributed by atoms with E-state index in [1.54, 1.807) is 0 Å². The van der Waals surface area contributed by atoms with Crippen LogP contribution in [0.1, 0.15) is 27.2 Å². The molecule has 102 valence electrons. The first kappa shape index (κ1) is 12.9. The number of halogens is 1. The molecular formula is C14H16BrNO3. The Morgan fingerprint density at radius 1 is 1.37 bits per heavy atom. The van der Waals surface area contributed by atoms with Gasteiger partial charge in [0.1, 0.15) is 12.4 Å². The highest BCUT2D eigenvalue weighted by molar-refractivity contribution is 9.09. The molecule has 2 aliphatic rings. The summed E-state index contributed by atoms with van der Waals surface area (Å²) in [7, 11) is 0. The number of rotatable bonds is 2. The number of hydrogen-bond acceptors (Lipinski definition) is 3. The van der Waals surface area contributed by atoms with E-state index in [9.17, 15) is 4.79 Å². The zero-order valence-electron chi connectivity index (χ0n) is 10.5. The second kappa shape index (κ2) is 5.51. The quantitative estimate of drug-likeness (QED) is 0.848. The van der Waals surface area contributed by atoms with E-state index in [0.29, 0.717) is 30.4 Å². The molecule has 1 fully saturated rings. The maximum absolute atomic E-state index is 12.0. The zero-order valence-corrected chi connectivity index (χ0v) is 12.1. The number of carbonyl (C=O) groups is 1. The molecular weight excluding hydrogens is 310 g/mol. The molecule has 1 N–H and O–H groups in total. The summed E-state index contributed by atoms with van der Waals surface area (Å²) in [5.74, 6) is 1.07. The summed E-state index contributed by atoms with van der Waals surface area (Å²) in [5.41, 5.74) is 1.73. The van der Waals surface area contributed by atoms with Crippen molar-refractivity contribution in [3.05, 3.63) is 29.3 Å². The Bertz CT molecular complexity index is 486. The minimum Gasteiger partial charge on any atom is -0.491 e. The van der Waals surface area contributed by atoms with E-state index in [1.807, 2.05) is 18.2 Å². The van der Waals surface area contributed by atoms with Crippen LogP contribution in [-0.2, 0) is 4.74 Å². The molecule has 2 aliphatic heterocycles. The first-order chi connectivity index (χ1) is 9.25. The highest BCUT2D eigenvalue weighted by atomic mass is 79.9. The van der Waals surface area contributed by atoms with Gasteiger partial charge < -0.3 is 14.8 Å². The standard InChI is InChI=1S/C14H16BrNO3/c15-13(10-3-5-18-8-10)9-1-2-12-11(7-9)14(17)16-4-6-19-12/h1-2,7,10,13H,3-6,8H2,(H,16,17). The normalized spacial score (nSPS) is 24.1. The molecule has 4 nitrogen and oxygen atoms in total. The molecule has 2 heterocycles. The van der Waals surface area contributed by atoms with Gasteiger partial charge in [-0.25, -0.2) is 0 Å². The fourth-order valence-electron chi connectivity index (χ4n) is 2.50. The van der Waals surface area contributed by atoms with Gasteiger partial charge in [0.2, 0.25) is 0 Å². The van der Waals surface area contributed by atoms with Crippen LogP contribution >= 0.6 is 15.9 Å². The molecule has 2 unspecified atom stereocenters. The molecule has 0 saturated carbocycles. The van der Waals surface area contributed by atoms with Gasteiger partial charge in [0.05, 0.1) is 18.7 Å². The fraction of sp³-hybridized carbons (Fsp3) is 0.500. The average molecular weight is 326 g/mol. The molecule has 0 spiro atoms. The predicted molar refractivity (Wildman–Crippen MR) is 74.9 cm³/mol. The Morgan fingerprint density at radius 3 is 3.05 bits per heavy atom. The number of benzene rings is 1. The van der Waals surface area contributed by atoms with Crippen molar-refractivity contribution < 1.29 is 14.3 Å². The molecule has 2 atom stereocenters. The van der Waals surface area contributed by atoms with Crippen molar-refractivity contribution >= 4 is 21.8 Å². The van der Waals surface area contributed by atoms with E-state index in [0.717, 1.165) is 25.2 Å². The number of hydrogen-bond donors (Lipinski definition) is 1. The van der Waals surface area contributed by atoms with E-state index in [2.05, 4.69) is 21.2 Å². The minimum absolute atomic E-state index is 0.0586. The lowest BCUT2D eigenvalue weighted by molar-refractivity contribution is 0.0957. The zero-order chi connectivity index (χ0) is 13.2. The third kappa shape index (κ3) is 2.62. The highest BCUT2D eigenvalue weighted by Gasteiger charge is 2.26. The summed E-state index contributed by atoms with van der Waals surface area (Å²) in [6.07, 6.45) is 1.05. The molecule has 0 radical (unpaired) electrons. The Hall–Kier alpha value is -1.07. The number of carbonyl (C=O) groups excluding carboxylic acids is 1. The Balaban J connectivity index is 1.89. The van der Waals surface area contributed by atoms with Crippen molar-refractivity contribution in [2.45, 2.75) is 11.2 Å². The lowest BCUT2D eigenvalue weighted by atomic mass is 9.97. The number of ether oxygens (including phenoxy) is 2. The van der Waals surface area contributed by atoms with Gasteiger partial charge >= 0.3 is 0 Å². The van der Waals surface area contributed by atoms with Crippen molar-refractivity contribution in [2.24, 2.45) is 5.92 Å². The van der Waals surface area contributed by atoms with E-state index in [-0.39, 0.29) is 10.7 Å². The van der Waals surface area contributed by atoms with Crippen molar-refractivity contribution in [1.82, 2.24) is 5.32 Å². The number of alkyl halides is 1. The van der Waals surface area contributed by atoms with Crippen LogP contribution in [0.5, 0.6) is 5.75 Å². The smallest absolute Gasteiger partial charge is 0.255 e. The second-order valence-corrected chi connectivity index (χ2v) is 5.87. The summed E-state index contributed by atoms with van der Waals surface area (Å²) in [4.78, 5) is 12.2. The molecule has 1 amide bonds. The first-order valence-corrected chi connectivity index (χ1v) is 7.44. The molecule has 1 aromatic carbocycles. The van der Waals surface area contributed by atoms with Gasteiger partial charge in [-0.1, -0.05) is 22.0 Å². The summed E-state index contributed by atoms with van der Waals surface area (Å²) >= 11 is 3.73. The molecule has 0 aromatic heterocycles. The van der Waals surface area contributed by atoms with Gasteiger partial charge in [-0.3, -0.25) is 4.79 Å². The first-order valence-electron chi connectivity index (χ1n) is 6.52. The SMILES string of the molecule is O=C1NCCOc2ccc(C(Br)C3CCOC3)cc21. The fourth-order valence-corrected chi connectivity index (χ4v) is 3.20. The second-order valence-electron chi connectivity index (χ2n) is 4.89. The Kier molecular flexibility index (Phi) is 3.75. The van der Waals surface area contributed by atoms with Crippen molar-refractivity contribution in [3.63, 3.8) is 0 Å². The van der Waals surface area contributed by atoms with Gasteiger partial charge in [0.15, 0.2) is 0 Å². The van der Waals surface area contributed by atoms with E-state index >= 15 is 0 Å². The minimum atomic E-state index is -0.0586. The monoisotopic (exact) mass is 325 g/mol. The topological polar surface area (TPSA) is 47.6 Å². The van der Waals surface area contributed by atoms with E-state index in [4.69, 9.17) is 9.47 Å². The van der Waals surface area contributed by atoms with Gasteiger partial charge in [0.25, 0.3) is 5.91 Å². The molecule has 5 heteroatoms. The molecule has 0 aliphatic carbocycles. The number of amides is 1. The molecule has 0 bridgehead atoms. The van der Waals surface area contributed by atoms with Crippen LogP contribution in [0.2, 0.25) is 0 Å². The third-order valence-electron chi connectivity index (χ3n) is 3.59. The van der Waals surface area contributed by atoms with Crippen LogP contribution in [0.4, 0.5) is 0 Å². The Morgan fingerprint density at radius 2 is 2.26 bits per heavy atom. The largest absolute Gasteiger partial charge is 0.491 e. The molecule has 1 saturated heterocycles. The Labute approximate surface area is 120 Å². The van der Waals surface area contributed by atoms with Crippen LogP contribution in [-0.4, -0.2) is 32.3 Å². The van der Waals surface area contributed by atoms with Crippen molar-refractivity contribution in [1.29, 1.82) is 0 Å². The number of fused-ring (bicyclic) bond motifs is 1. The maximum Gasteiger partial charge on any atom is 0.255 e. The van der Waals surface area contributed by atoms with Crippen LogP contribution in [0, 0.1) is 5.92 Å². The maximum atomic E-state index is 12.0. The van der Waals surface area contributed by atoms with Crippen LogP contribution in [0.3, 0.4) is 0 Å². The third-order valence-corrected chi connectivity index (χ3v) is 4.87. The van der Waals surface area contributed by atoms with Crippen molar-refractivity contribution in [2.75, 3.05) is 26.4 Å². The van der Waals surface area contributed by atoms with E-state index < -0.39 is 0 Å². The van der Waals surface area contributed by atoms with Crippen molar-refractivity contribution in [3.8, 4) is 5.75 Å². The van der Waals surface area contributed by atoms with Crippen LogP contribution in [0.25, 0.3) is 0 Å². The van der Waals surface area contributed by atoms with Gasteiger partial charge in [-0.2, -0.15) is 0 Å². The average Bonchev–Trinajstić information content (AvgIpc) is 2.90. The lowest BCUT2D eigenvalue weighted by Crippen LogP contribution is -2.24. The predicted octanol–water partition coefficient (Wildman–Crippen LogP) is 2.28. The molecule has 19 heavy (non-hydrogen) atoms. The summed E-state index contributed by atoms with van der Waals surface area (Å²) < 4.78 is 11.0. The molecule has 1 aromatic rings. The highest BCUT2D eigenvalue weighted by Crippen LogP contribution is 2.37.